The van der Waals surface area contributed by atoms with Gasteiger partial charge in [0.05, 0.1) is 6.16 Å². The summed E-state index contributed by atoms with van der Waals surface area (Å²) in [7, 11) is 15.7. The molecule has 26 heavy (non-hydrogen) atoms. The van der Waals surface area contributed by atoms with Crippen molar-refractivity contribution in [1.82, 2.24) is 0 Å². The van der Waals surface area contributed by atoms with Gasteiger partial charge >= 0.3 is 49.6 Å². The molecular weight excluding hydrogens is 469 g/mol. The molecule has 0 fully saturated rings. The Morgan fingerprint density at radius 3 is 1.00 bits per heavy atom. The van der Waals surface area contributed by atoms with Gasteiger partial charge in [0.25, 0.3) is 0 Å². The van der Waals surface area contributed by atoms with E-state index in [-0.39, 0.29) is 0 Å². The summed E-state index contributed by atoms with van der Waals surface area (Å²) in [6, 6.07) is 33.0. The van der Waals surface area contributed by atoms with Crippen molar-refractivity contribution in [3.63, 3.8) is 0 Å². The monoisotopic (exact) mass is 487 g/mol. The van der Waals surface area contributed by atoms with Crippen LogP contribution in [-0.4, -0.2) is 6.16 Å². The van der Waals surface area contributed by atoms with Crippen LogP contribution in [0, 0.1) is 0 Å². The van der Waals surface area contributed by atoms with Crippen LogP contribution in [0.5, 0.6) is 0 Å². The van der Waals surface area contributed by atoms with E-state index < -0.39 is 16.5 Å². The van der Waals surface area contributed by atoms with Gasteiger partial charge in [-0.3, -0.25) is 0 Å². The zero-order chi connectivity index (χ0) is 19.0. The maximum atomic E-state index is 4.95. The maximum absolute atomic E-state index is 4.95. The summed E-state index contributed by atoms with van der Waals surface area (Å²) in [6.45, 7) is 2.32. The SMILES string of the molecule is CC[P+](c1ccccc1)(c1ccccc1)c1ccccc1.[Cl][Fe-]([Cl])([Cl])[Cl]. The Bertz CT molecular complexity index is 675. The van der Waals surface area contributed by atoms with Crippen molar-refractivity contribution in [2.24, 2.45) is 0 Å². The van der Waals surface area contributed by atoms with Crippen LogP contribution >= 0.6 is 47.7 Å². The van der Waals surface area contributed by atoms with E-state index in [1.165, 1.54) is 15.9 Å². The molecule has 0 saturated heterocycles. The van der Waals surface area contributed by atoms with Crippen LogP contribution in [-0.2, 0) is 9.20 Å². The fraction of sp³-hybridized carbons (Fsp3) is 0.100. The van der Waals surface area contributed by atoms with E-state index in [1.807, 2.05) is 0 Å². The summed E-state index contributed by atoms with van der Waals surface area (Å²) < 4.78 is 0. The van der Waals surface area contributed by atoms with Gasteiger partial charge < -0.3 is 0 Å². The molecule has 3 aromatic rings. The molecule has 0 bridgehead atoms. The van der Waals surface area contributed by atoms with Gasteiger partial charge in [0.1, 0.15) is 23.2 Å². The second kappa shape index (κ2) is 10.4. The van der Waals surface area contributed by atoms with Crippen LogP contribution in [0.25, 0.3) is 0 Å². The summed E-state index contributed by atoms with van der Waals surface area (Å²) in [4.78, 5) is 0. The predicted molar refractivity (Wildman–Crippen MR) is 119 cm³/mol. The number of hydrogen-bond donors (Lipinski definition) is 0. The quantitative estimate of drug-likeness (QED) is 0.281. The number of rotatable bonds is 4. The molecule has 0 atom stereocenters. The zero-order valence-electron chi connectivity index (χ0n) is 14.2. The van der Waals surface area contributed by atoms with E-state index in [0.717, 1.165) is 6.16 Å². The van der Waals surface area contributed by atoms with Crippen LogP contribution in [0.4, 0.5) is 0 Å². The van der Waals surface area contributed by atoms with Crippen LogP contribution in [0.3, 0.4) is 0 Å². The first-order valence-electron chi connectivity index (χ1n) is 7.96. The van der Waals surface area contributed by atoms with Gasteiger partial charge in [-0.1, -0.05) is 54.6 Å². The van der Waals surface area contributed by atoms with Crippen LogP contribution in [0.2, 0.25) is 0 Å². The van der Waals surface area contributed by atoms with Gasteiger partial charge in [0.15, 0.2) is 0 Å². The third-order valence-electron chi connectivity index (χ3n) is 4.07. The van der Waals surface area contributed by atoms with Crippen molar-refractivity contribution in [2.75, 3.05) is 6.16 Å². The van der Waals surface area contributed by atoms with Crippen LogP contribution in [0.1, 0.15) is 6.92 Å². The molecule has 0 nitrogen and oxygen atoms in total. The summed E-state index contributed by atoms with van der Waals surface area (Å²) >= 11 is 0. The summed E-state index contributed by atoms with van der Waals surface area (Å²) in [6.07, 6.45) is 1.14. The first-order valence-corrected chi connectivity index (χ1v) is 16.0. The molecule has 0 aliphatic rings. The molecule has 0 heterocycles. The summed E-state index contributed by atoms with van der Waals surface area (Å²) in [5.41, 5.74) is 0. The van der Waals surface area contributed by atoms with Gasteiger partial charge in [-0.15, -0.1) is 0 Å². The average molecular weight is 489 g/mol. The molecule has 0 amide bonds. The molecule has 3 rings (SSSR count). The third-order valence-corrected chi connectivity index (χ3v) is 8.55. The number of hydrogen-bond acceptors (Lipinski definition) is 0. The van der Waals surface area contributed by atoms with Crippen molar-refractivity contribution in [2.45, 2.75) is 6.92 Å². The van der Waals surface area contributed by atoms with Crippen molar-refractivity contribution in [1.29, 1.82) is 0 Å². The fourth-order valence-corrected chi connectivity index (χ4v) is 7.08. The molecule has 6 heteroatoms. The molecular formula is C20H20Cl4FeP. The molecule has 0 unspecified atom stereocenters. The van der Waals surface area contributed by atoms with Crippen molar-refractivity contribution in [3.8, 4) is 0 Å². The van der Waals surface area contributed by atoms with Gasteiger partial charge in [-0.05, 0) is 43.3 Å². The summed E-state index contributed by atoms with van der Waals surface area (Å²) in [5, 5.41) is 4.39. The van der Waals surface area contributed by atoms with Crippen LogP contribution in [0.15, 0.2) is 91.0 Å². The first kappa shape index (κ1) is 22.1. The van der Waals surface area contributed by atoms with Crippen LogP contribution < -0.4 is 15.9 Å². The van der Waals surface area contributed by atoms with E-state index in [4.69, 9.17) is 40.4 Å². The zero-order valence-corrected chi connectivity index (χ0v) is 19.2. The Kier molecular flexibility index (Phi) is 8.78. The number of benzene rings is 3. The second-order valence-electron chi connectivity index (χ2n) is 5.44. The molecule has 0 aliphatic carbocycles. The van der Waals surface area contributed by atoms with E-state index in [0.29, 0.717) is 0 Å². The topological polar surface area (TPSA) is 0 Å². The van der Waals surface area contributed by atoms with E-state index >= 15 is 0 Å². The van der Waals surface area contributed by atoms with Gasteiger partial charge in [0.2, 0.25) is 0 Å². The van der Waals surface area contributed by atoms with Gasteiger partial charge in [-0.25, -0.2) is 0 Å². The molecule has 0 saturated carbocycles. The molecule has 0 N–H and O–H groups in total. The molecule has 0 radical (unpaired) electrons. The van der Waals surface area contributed by atoms with Gasteiger partial charge in [-0.2, -0.15) is 0 Å². The second-order valence-corrected chi connectivity index (χ2v) is 20.2. The van der Waals surface area contributed by atoms with E-state index in [2.05, 4.69) is 97.9 Å². The molecule has 3 aromatic carbocycles. The standard InChI is InChI=1S/C20H20P.4ClH.Fe/c1-2-21(18-12-6-3-7-13-18,19-14-8-4-9-15-19)20-16-10-5-11-17-20;;;;;/h3-17H,2H2,1H3;4*1H;/q+1;;;;;+3/p-4. The first-order chi connectivity index (χ1) is 12.4. The Hall–Kier alpha value is -0.231. The average Bonchev–Trinajstić information content (AvgIpc) is 2.64. The van der Waals surface area contributed by atoms with Crippen molar-refractivity contribution >= 4 is 63.6 Å². The molecule has 141 valence electrons. The van der Waals surface area contributed by atoms with Gasteiger partial charge in [0, 0.05) is 0 Å². The third kappa shape index (κ3) is 6.15. The predicted octanol–water partition coefficient (Wildman–Crippen LogP) is 6.76. The Balaban J connectivity index is 0.000000431. The molecule has 0 aliphatic heterocycles. The van der Waals surface area contributed by atoms with Crippen molar-refractivity contribution < 1.29 is 9.20 Å². The fourth-order valence-electron chi connectivity index (χ4n) is 3.04. The Morgan fingerprint density at radius 2 is 0.808 bits per heavy atom. The molecule has 0 aromatic heterocycles. The normalized spacial score (nSPS) is 12.0. The molecule has 0 spiro atoms. The summed E-state index contributed by atoms with van der Waals surface area (Å²) in [5.74, 6) is 0. The minimum atomic E-state index is -2.61. The van der Waals surface area contributed by atoms with E-state index in [9.17, 15) is 0 Å². The van der Waals surface area contributed by atoms with Crippen molar-refractivity contribution in [3.05, 3.63) is 91.0 Å². The minimum absolute atomic E-state index is 1.14. The number of halogens is 4. The Labute approximate surface area is 175 Å². The van der Waals surface area contributed by atoms with E-state index in [1.54, 1.807) is 0 Å². The Morgan fingerprint density at radius 1 is 0.577 bits per heavy atom.